The number of hydrogen-bond donors (Lipinski definition) is 1. The lowest BCUT2D eigenvalue weighted by atomic mass is 9.92. The molecular weight excluding hydrogens is 398 g/mol. The summed E-state index contributed by atoms with van der Waals surface area (Å²) in [4.78, 5) is 22.6. The van der Waals surface area contributed by atoms with Crippen LogP contribution < -0.4 is 5.56 Å². The lowest BCUT2D eigenvalue weighted by molar-refractivity contribution is 0.0735. The molecule has 0 amide bonds. The second-order valence-corrected chi connectivity index (χ2v) is 8.45. The van der Waals surface area contributed by atoms with Crippen LogP contribution >= 0.6 is 11.6 Å². The quantitative estimate of drug-likeness (QED) is 0.490. The normalized spacial score (nSPS) is 19.4. The maximum absolute atomic E-state index is 13.4. The van der Waals surface area contributed by atoms with Crippen LogP contribution in [0.3, 0.4) is 0 Å². The topological polar surface area (TPSA) is 68.0 Å². The van der Waals surface area contributed by atoms with E-state index in [4.69, 9.17) is 11.6 Å². The van der Waals surface area contributed by atoms with E-state index in [1.54, 1.807) is 17.1 Å². The van der Waals surface area contributed by atoms with Gasteiger partial charge in [0.15, 0.2) is 0 Å². The number of aliphatic hydroxyl groups is 1. The Morgan fingerprint density at radius 2 is 1.80 bits per heavy atom. The Bertz CT molecular complexity index is 1280. The van der Waals surface area contributed by atoms with Crippen LogP contribution in [0.1, 0.15) is 42.9 Å². The van der Waals surface area contributed by atoms with Crippen molar-refractivity contribution in [2.45, 2.75) is 44.2 Å². The van der Waals surface area contributed by atoms with Crippen molar-refractivity contribution in [3.8, 4) is 0 Å². The third kappa shape index (κ3) is 3.38. The van der Waals surface area contributed by atoms with E-state index in [2.05, 4.69) is 9.97 Å². The minimum Gasteiger partial charge on any atom is -0.391 e. The van der Waals surface area contributed by atoms with Crippen LogP contribution in [-0.4, -0.2) is 25.7 Å². The van der Waals surface area contributed by atoms with Crippen LogP contribution in [0.25, 0.3) is 21.8 Å². The Kier molecular flexibility index (Phi) is 5.01. The molecule has 0 radical (unpaired) electrons. The fourth-order valence-electron chi connectivity index (χ4n) is 4.53. The molecule has 1 fully saturated rings. The standard InChI is InChI=1S/C24H22ClN3O2/c25-17-9-7-15(8-10-17)12-16-13-19-23(22-18(16)4-3-11-26-22)27-14-28(24(19)30)20-5-1-2-6-21(20)29/h3-4,7-11,13-14,20-21,29H,1-2,5-6,12H2/t20-,21-/m0/s1. The highest BCUT2D eigenvalue weighted by Crippen LogP contribution is 2.30. The van der Waals surface area contributed by atoms with Gasteiger partial charge in [0.2, 0.25) is 0 Å². The Hall–Kier alpha value is -2.76. The molecule has 1 aliphatic carbocycles. The Morgan fingerprint density at radius 1 is 1.03 bits per heavy atom. The maximum atomic E-state index is 13.4. The van der Waals surface area contributed by atoms with Crippen molar-refractivity contribution in [3.05, 3.63) is 81.5 Å². The zero-order valence-electron chi connectivity index (χ0n) is 16.5. The van der Waals surface area contributed by atoms with Crippen LogP contribution in [0, 0.1) is 0 Å². The first kappa shape index (κ1) is 19.2. The van der Waals surface area contributed by atoms with Gasteiger partial charge in [-0.15, -0.1) is 0 Å². The van der Waals surface area contributed by atoms with Gasteiger partial charge in [-0.3, -0.25) is 14.3 Å². The number of nitrogens with zero attached hydrogens (tertiary/aromatic N) is 3. The number of aromatic nitrogens is 3. The molecule has 152 valence electrons. The highest BCUT2D eigenvalue weighted by atomic mass is 35.5. The molecule has 30 heavy (non-hydrogen) atoms. The molecule has 0 bridgehead atoms. The van der Waals surface area contributed by atoms with Gasteiger partial charge in [0.05, 0.1) is 29.4 Å². The Morgan fingerprint density at radius 3 is 2.60 bits per heavy atom. The van der Waals surface area contributed by atoms with Crippen LogP contribution in [0.5, 0.6) is 0 Å². The zero-order chi connectivity index (χ0) is 20.7. The molecule has 5 nitrogen and oxygen atoms in total. The van der Waals surface area contributed by atoms with Gasteiger partial charge in [0, 0.05) is 16.6 Å². The minimum absolute atomic E-state index is 0.115. The van der Waals surface area contributed by atoms with Gasteiger partial charge >= 0.3 is 0 Å². The van der Waals surface area contributed by atoms with Gasteiger partial charge in [-0.05, 0) is 54.7 Å². The predicted octanol–water partition coefficient (Wildman–Crippen LogP) is 4.66. The van der Waals surface area contributed by atoms with Crippen LogP contribution in [0.15, 0.2) is 59.8 Å². The number of rotatable bonds is 3. The summed E-state index contributed by atoms with van der Waals surface area (Å²) in [6.07, 6.45) is 6.97. The second-order valence-electron chi connectivity index (χ2n) is 8.01. The molecule has 6 heteroatoms. The van der Waals surface area contributed by atoms with E-state index in [-0.39, 0.29) is 11.6 Å². The predicted molar refractivity (Wildman–Crippen MR) is 119 cm³/mol. The van der Waals surface area contributed by atoms with E-state index in [1.165, 1.54) is 0 Å². The summed E-state index contributed by atoms with van der Waals surface area (Å²) in [7, 11) is 0. The number of fused-ring (bicyclic) bond motifs is 3. The van der Waals surface area contributed by atoms with Crippen molar-refractivity contribution in [2.24, 2.45) is 0 Å². The smallest absolute Gasteiger partial charge is 0.261 e. The van der Waals surface area contributed by atoms with E-state index in [1.807, 2.05) is 42.5 Å². The van der Waals surface area contributed by atoms with Crippen molar-refractivity contribution in [1.29, 1.82) is 0 Å². The lowest BCUT2D eigenvalue weighted by Crippen LogP contribution is -2.34. The average Bonchev–Trinajstić information content (AvgIpc) is 2.77. The first-order valence-corrected chi connectivity index (χ1v) is 10.7. The molecule has 1 aliphatic rings. The molecule has 2 aromatic carbocycles. The molecule has 0 spiro atoms. The van der Waals surface area contributed by atoms with Crippen molar-refractivity contribution in [3.63, 3.8) is 0 Å². The number of halogens is 1. The number of aliphatic hydroxyl groups excluding tert-OH is 1. The molecule has 0 aliphatic heterocycles. The van der Waals surface area contributed by atoms with Gasteiger partial charge in [-0.1, -0.05) is 42.6 Å². The first-order valence-electron chi connectivity index (χ1n) is 10.3. The number of hydrogen-bond acceptors (Lipinski definition) is 4. The first-order chi connectivity index (χ1) is 14.6. The number of benzene rings is 2. The van der Waals surface area contributed by atoms with E-state index in [0.717, 1.165) is 47.7 Å². The Balaban J connectivity index is 1.70. The maximum Gasteiger partial charge on any atom is 0.261 e. The van der Waals surface area contributed by atoms with E-state index in [9.17, 15) is 9.90 Å². The summed E-state index contributed by atoms with van der Waals surface area (Å²) in [6, 6.07) is 13.4. The summed E-state index contributed by atoms with van der Waals surface area (Å²) in [6.45, 7) is 0. The zero-order valence-corrected chi connectivity index (χ0v) is 17.2. The SMILES string of the molecule is O=c1c2cc(Cc3ccc(Cl)cc3)c3cccnc3c2ncn1[C@H]1CCCC[C@@H]1O. The summed E-state index contributed by atoms with van der Waals surface area (Å²) >= 11 is 6.03. The minimum atomic E-state index is -0.511. The van der Waals surface area contributed by atoms with Crippen molar-refractivity contribution in [2.75, 3.05) is 0 Å². The van der Waals surface area contributed by atoms with E-state index in [0.29, 0.717) is 22.3 Å². The van der Waals surface area contributed by atoms with Crippen molar-refractivity contribution in [1.82, 2.24) is 14.5 Å². The van der Waals surface area contributed by atoms with Crippen LogP contribution in [0.4, 0.5) is 0 Å². The molecule has 0 saturated heterocycles. The molecule has 4 aromatic rings. The van der Waals surface area contributed by atoms with Gasteiger partial charge in [0.25, 0.3) is 5.56 Å². The molecule has 1 saturated carbocycles. The van der Waals surface area contributed by atoms with Gasteiger partial charge in [0.1, 0.15) is 5.52 Å². The molecule has 5 rings (SSSR count). The van der Waals surface area contributed by atoms with Crippen LogP contribution in [0.2, 0.25) is 5.02 Å². The molecule has 2 aromatic heterocycles. The highest BCUT2D eigenvalue weighted by Gasteiger charge is 2.26. The summed E-state index contributed by atoms with van der Waals surface area (Å²) < 4.78 is 1.62. The molecule has 1 N–H and O–H groups in total. The third-order valence-electron chi connectivity index (χ3n) is 6.09. The molecule has 0 unspecified atom stereocenters. The second kappa shape index (κ2) is 7.82. The van der Waals surface area contributed by atoms with Gasteiger partial charge < -0.3 is 5.11 Å². The largest absolute Gasteiger partial charge is 0.391 e. The molecule has 2 heterocycles. The average molecular weight is 420 g/mol. The van der Waals surface area contributed by atoms with Crippen LogP contribution in [-0.2, 0) is 6.42 Å². The van der Waals surface area contributed by atoms with Crippen molar-refractivity contribution >= 4 is 33.4 Å². The summed E-state index contributed by atoms with van der Waals surface area (Å²) in [5, 5.41) is 12.7. The fourth-order valence-corrected chi connectivity index (χ4v) is 4.65. The summed E-state index contributed by atoms with van der Waals surface area (Å²) in [5.41, 5.74) is 3.35. The van der Waals surface area contributed by atoms with E-state index < -0.39 is 6.10 Å². The monoisotopic (exact) mass is 419 g/mol. The lowest BCUT2D eigenvalue weighted by Gasteiger charge is -2.29. The third-order valence-corrected chi connectivity index (χ3v) is 6.34. The Labute approximate surface area is 179 Å². The van der Waals surface area contributed by atoms with Crippen molar-refractivity contribution < 1.29 is 5.11 Å². The molecule has 2 atom stereocenters. The molecular formula is C24H22ClN3O2. The van der Waals surface area contributed by atoms with Gasteiger partial charge in [-0.2, -0.15) is 0 Å². The van der Waals surface area contributed by atoms with Gasteiger partial charge in [-0.25, -0.2) is 4.98 Å². The number of pyridine rings is 1. The highest BCUT2D eigenvalue weighted by molar-refractivity contribution is 6.30. The summed E-state index contributed by atoms with van der Waals surface area (Å²) in [5.74, 6) is 0. The fraction of sp³-hybridized carbons (Fsp3) is 0.292. The van der Waals surface area contributed by atoms with E-state index >= 15 is 0 Å².